The van der Waals surface area contributed by atoms with Crippen molar-refractivity contribution in [2.24, 2.45) is 0 Å². The van der Waals surface area contributed by atoms with Gasteiger partial charge in [-0.3, -0.25) is 9.78 Å². The molecule has 8 heteroatoms. The lowest BCUT2D eigenvalue weighted by atomic mass is 10.2. The van der Waals surface area contributed by atoms with Crippen LogP contribution in [0.15, 0.2) is 24.5 Å². The summed E-state index contributed by atoms with van der Waals surface area (Å²) >= 11 is 2.33. The first-order valence-electron chi connectivity index (χ1n) is 6.44. The van der Waals surface area contributed by atoms with E-state index in [-0.39, 0.29) is 16.3 Å². The molecule has 0 aliphatic rings. The number of alkyl halides is 3. The van der Waals surface area contributed by atoms with Gasteiger partial charge in [-0.1, -0.05) is 0 Å². The number of hydrogen-bond donors (Lipinski definition) is 0. The lowest BCUT2D eigenvalue weighted by molar-refractivity contribution is -0.141. The molecule has 0 bridgehead atoms. The van der Waals surface area contributed by atoms with E-state index in [0.717, 1.165) is 17.1 Å². The van der Waals surface area contributed by atoms with Crippen LogP contribution in [-0.2, 0) is 6.18 Å². The van der Waals surface area contributed by atoms with Crippen LogP contribution in [0.3, 0.4) is 0 Å². The quantitative estimate of drug-likeness (QED) is 0.568. The van der Waals surface area contributed by atoms with Gasteiger partial charge in [0.1, 0.15) is 9.88 Å². The van der Waals surface area contributed by atoms with Gasteiger partial charge in [0.2, 0.25) is 0 Å². The molecule has 0 fully saturated rings. The van der Waals surface area contributed by atoms with Gasteiger partial charge in [-0.2, -0.15) is 24.9 Å². The molecular formula is C14H13F3N2OS2. The maximum atomic E-state index is 13.1. The number of carbonyl (C=O) groups excluding carboxylic acids is 1. The van der Waals surface area contributed by atoms with Gasteiger partial charge in [-0.05, 0) is 30.6 Å². The van der Waals surface area contributed by atoms with E-state index in [0.29, 0.717) is 12.0 Å². The first-order valence-corrected chi connectivity index (χ1v) is 8.65. The van der Waals surface area contributed by atoms with Crippen LogP contribution in [0.2, 0.25) is 0 Å². The number of rotatable bonds is 6. The lowest BCUT2D eigenvalue weighted by Gasteiger charge is -2.05. The van der Waals surface area contributed by atoms with Gasteiger partial charge in [0.25, 0.3) is 0 Å². The van der Waals surface area contributed by atoms with Gasteiger partial charge in [-0.25, -0.2) is 4.98 Å². The molecule has 2 rings (SSSR count). The van der Waals surface area contributed by atoms with Crippen LogP contribution in [0.4, 0.5) is 13.2 Å². The zero-order valence-electron chi connectivity index (χ0n) is 11.7. The second-order valence-corrected chi connectivity index (χ2v) is 6.44. The normalized spacial score (nSPS) is 11.6. The highest BCUT2D eigenvalue weighted by Gasteiger charge is 2.39. The number of pyridine rings is 1. The Morgan fingerprint density at radius 1 is 1.41 bits per heavy atom. The third kappa shape index (κ3) is 4.07. The smallest absolute Gasteiger partial charge is 0.293 e. The zero-order valence-corrected chi connectivity index (χ0v) is 13.3. The number of Topliss-reactive ketones (excluding diaryl/α,β-unsaturated/α-hetero) is 1. The van der Waals surface area contributed by atoms with Crippen LogP contribution in [0.25, 0.3) is 10.6 Å². The molecule has 0 unspecified atom stereocenters. The number of thioether (sulfide) groups is 1. The molecule has 0 spiro atoms. The van der Waals surface area contributed by atoms with Crippen molar-refractivity contribution in [3.63, 3.8) is 0 Å². The molecule has 0 aliphatic carbocycles. The summed E-state index contributed by atoms with van der Waals surface area (Å²) in [5.74, 6) is 0.232. The van der Waals surface area contributed by atoms with E-state index in [1.54, 1.807) is 23.9 Å². The predicted octanol–water partition coefficient (Wildman–Crippen LogP) is 4.55. The Labute approximate surface area is 134 Å². The highest BCUT2D eigenvalue weighted by Crippen LogP contribution is 2.38. The van der Waals surface area contributed by atoms with E-state index in [1.807, 2.05) is 6.26 Å². The van der Waals surface area contributed by atoms with Crippen molar-refractivity contribution < 1.29 is 18.0 Å². The number of ketones is 1. The molecule has 0 radical (unpaired) electrons. The van der Waals surface area contributed by atoms with E-state index in [4.69, 9.17) is 0 Å². The molecule has 0 saturated carbocycles. The number of thiazole rings is 1. The topological polar surface area (TPSA) is 42.9 Å². The third-order valence-corrected chi connectivity index (χ3v) is 4.65. The van der Waals surface area contributed by atoms with Crippen LogP contribution >= 0.6 is 23.1 Å². The first-order chi connectivity index (χ1) is 10.4. The zero-order chi connectivity index (χ0) is 16.2. The predicted molar refractivity (Wildman–Crippen MR) is 82.3 cm³/mol. The molecule has 0 N–H and O–H groups in total. The fourth-order valence-electron chi connectivity index (χ4n) is 1.80. The summed E-state index contributed by atoms with van der Waals surface area (Å²) in [6.07, 6.45) is 0.855. The Bertz CT molecular complexity index is 641. The van der Waals surface area contributed by atoms with Crippen molar-refractivity contribution in [2.45, 2.75) is 19.0 Å². The van der Waals surface area contributed by atoms with Crippen molar-refractivity contribution in [3.05, 3.63) is 35.1 Å². The van der Waals surface area contributed by atoms with Crippen LogP contribution in [0.5, 0.6) is 0 Å². The van der Waals surface area contributed by atoms with E-state index < -0.39 is 17.7 Å². The number of halogens is 3. The van der Waals surface area contributed by atoms with E-state index in [9.17, 15) is 18.0 Å². The van der Waals surface area contributed by atoms with Crippen LogP contribution in [-0.4, -0.2) is 27.8 Å². The Morgan fingerprint density at radius 3 is 2.77 bits per heavy atom. The number of hydrogen-bond acceptors (Lipinski definition) is 5. The molecule has 0 aromatic carbocycles. The van der Waals surface area contributed by atoms with Crippen molar-refractivity contribution in [1.82, 2.24) is 9.97 Å². The van der Waals surface area contributed by atoms with Gasteiger partial charge in [0, 0.05) is 24.4 Å². The van der Waals surface area contributed by atoms with Crippen LogP contribution < -0.4 is 0 Å². The van der Waals surface area contributed by atoms with Crippen LogP contribution in [0.1, 0.15) is 28.2 Å². The lowest BCUT2D eigenvalue weighted by Crippen LogP contribution is -2.12. The monoisotopic (exact) mass is 346 g/mol. The van der Waals surface area contributed by atoms with Gasteiger partial charge in [-0.15, -0.1) is 11.3 Å². The molecule has 118 valence electrons. The van der Waals surface area contributed by atoms with E-state index >= 15 is 0 Å². The van der Waals surface area contributed by atoms with Crippen molar-refractivity contribution in [3.8, 4) is 10.6 Å². The fourth-order valence-corrected chi connectivity index (χ4v) is 3.28. The minimum absolute atomic E-state index is 0.0958. The first kappa shape index (κ1) is 17.0. The van der Waals surface area contributed by atoms with Gasteiger partial charge >= 0.3 is 6.18 Å². The molecule has 22 heavy (non-hydrogen) atoms. The average molecular weight is 346 g/mol. The summed E-state index contributed by atoms with van der Waals surface area (Å²) < 4.78 is 39.3. The SMILES string of the molecule is CSCCCC(=O)c1sc(-c2cccnc2)nc1C(F)(F)F. The van der Waals surface area contributed by atoms with E-state index in [1.165, 1.54) is 12.4 Å². The summed E-state index contributed by atoms with van der Waals surface area (Å²) in [5, 5.41) is 0.161. The highest BCUT2D eigenvalue weighted by atomic mass is 32.2. The van der Waals surface area contributed by atoms with Crippen molar-refractivity contribution >= 4 is 28.9 Å². The molecule has 3 nitrogen and oxygen atoms in total. The van der Waals surface area contributed by atoms with Gasteiger partial charge in [0.05, 0.1) is 0 Å². The Morgan fingerprint density at radius 2 is 2.18 bits per heavy atom. The Hall–Kier alpha value is -1.41. The maximum absolute atomic E-state index is 13.1. The summed E-state index contributed by atoms with van der Waals surface area (Å²) in [5.41, 5.74) is -0.619. The maximum Gasteiger partial charge on any atom is 0.434 e. The molecule has 0 atom stereocenters. The molecular weight excluding hydrogens is 333 g/mol. The summed E-state index contributed by atoms with van der Waals surface area (Å²) in [4.78, 5) is 19.3. The molecule has 2 aromatic heterocycles. The summed E-state index contributed by atoms with van der Waals surface area (Å²) in [7, 11) is 0. The minimum Gasteiger partial charge on any atom is -0.293 e. The molecule has 2 heterocycles. The Balaban J connectivity index is 2.35. The summed E-state index contributed by atoms with van der Waals surface area (Å²) in [6, 6.07) is 3.23. The molecule has 0 amide bonds. The summed E-state index contributed by atoms with van der Waals surface area (Å²) in [6.45, 7) is 0. The minimum atomic E-state index is -4.64. The largest absolute Gasteiger partial charge is 0.434 e. The van der Waals surface area contributed by atoms with Crippen molar-refractivity contribution in [1.29, 1.82) is 0 Å². The number of aromatic nitrogens is 2. The molecule has 0 aliphatic heterocycles. The Kier molecular flexibility index (Phi) is 5.57. The second kappa shape index (κ2) is 7.23. The van der Waals surface area contributed by atoms with Crippen molar-refractivity contribution in [2.75, 3.05) is 12.0 Å². The van der Waals surface area contributed by atoms with E-state index in [2.05, 4.69) is 9.97 Å². The number of carbonyl (C=O) groups is 1. The van der Waals surface area contributed by atoms with Gasteiger partial charge in [0.15, 0.2) is 11.5 Å². The van der Waals surface area contributed by atoms with Crippen LogP contribution in [0, 0.1) is 0 Å². The average Bonchev–Trinajstić information content (AvgIpc) is 2.94. The second-order valence-electron chi connectivity index (χ2n) is 4.46. The highest BCUT2D eigenvalue weighted by molar-refractivity contribution is 7.98. The fraction of sp³-hybridized carbons (Fsp3) is 0.357. The van der Waals surface area contributed by atoms with Gasteiger partial charge < -0.3 is 0 Å². The standard InChI is InChI=1S/C14H13F3N2OS2/c1-21-7-3-5-10(20)11-12(14(15,16)17)19-13(22-11)9-4-2-6-18-8-9/h2,4,6,8H,3,5,7H2,1H3. The number of nitrogens with zero attached hydrogens (tertiary/aromatic N) is 2. The molecule has 0 saturated heterocycles. The molecule has 2 aromatic rings. The third-order valence-electron chi connectivity index (χ3n) is 2.81.